The number of carbonyl (C=O) groups is 1. The van der Waals surface area contributed by atoms with Crippen LogP contribution in [0.1, 0.15) is 39.2 Å². The molecule has 0 saturated carbocycles. The molecule has 1 unspecified atom stereocenters. The smallest absolute Gasteiger partial charge is 0.407 e. The number of para-hydroxylation sites is 1. The van der Waals surface area contributed by atoms with E-state index in [4.69, 9.17) is 10.5 Å². The fraction of sp³-hybridized carbons (Fsp3) is 0.611. The van der Waals surface area contributed by atoms with Crippen LogP contribution in [0.15, 0.2) is 24.3 Å². The summed E-state index contributed by atoms with van der Waals surface area (Å²) in [6.45, 7) is 8.17. The van der Waals surface area contributed by atoms with Crippen molar-refractivity contribution in [1.82, 2.24) is 5.32 Å². The third kappa shape index (κ3) is 5.75. The lowest BCUT2D eigenvalue weighted by Gasteiger charge is -2.23. The molecular weight excluding hydrogens is 290 g/mol. The molecule has 1 aromatic rings. The Labute approximate surface area is 139 Å². The highest BCUT2D eigenvalue weighted by Crippen LogP contribution is 2.25. The zero-order chi connectivity index (χ0) is 16.9. The SMILES string of the molecule is CC(C)(C)OC(=O)NCC(N)Cc1ccccc1N1CCCC1. The Morgan fingerprint density at radius 2 is 1.96 bits per heavy atom. The maximum atomic E-state index is 11.7. The van der Waals surface area contributed by atoms with Crippen LogP contribution in [-0.2, 0) is 11.2 Å². The summed E-state index contributed by atoms with van der Waals surface area (Å²) >= 11 is 0. The van der Waals surface area contributed by atoms with Crippen LogP contribution in [-0.4, -0.2) is 37.4 Å². The standard InChI is InChI=1S/C18H29N3O2/c1-18(2,3)23-17(22)20-13-15(19)12-14-8-4-5-9-16(14)21-10-6-7-11-21/h4-5,8-9,15H,6-7,10-13,19H2,1-3H3,(H,20,22). The van der Waals surface area contributed by atoms with Gasteiger partial charge in [-0.3, -0.25) is 0 Å². The number of amides is 1. The molecule has 1 saturated heterocycles. The fourth-order valence-corrected chi connectivity index (χ4v) is 2.83. The molecule has 1 aliphatic rings. The molecule has 0 spiro atoms. The van der Waals surface area contributed by atoms with Gasteiger partial charge in [0.2, 0.25) is 0 Å². The predicted octanol–water partition coefficient (Wildman–Crippen LogP) is 2.68. The van der Waals surface area contributed by atoms with Gasteiger partial charge in [-0.2, -0.15) is 0 Å². The molecule has 23 heavy (non-hydrogen) atoms. The molecule has 3 N–H and O–H groups in total. The second-order valence-electron chi connectivity index (χ2n) is 7.17. The Morgan fingerprint density at radius 1 is 1.30 bits per heavy atom. The van der Waals surface area contributed by atoms with Crippen molar-refractivity contribution in [3.8, 4) is 0 Å². The second-order valence-corrected chi connectivity index (χ2v) is 7.17. The van der Waals surface area contributed by atoms with Gasteiger partial charge in [0.05, 0.1) is 0 Å². The zero-order valence-corrected chi connectivity index (χ0v) is 14.5. The van der Waals surface area contributed by atoms with Gasteiger partial charge in [-0.1, -0.05) is 18.2 Å². The van der Waals surface area contributed by atoms with Crippen molar-refractivity contribution in [2.75, 3.05) is 24.5 Å². The summed E-state index contributed by atoms with van der Waals surface area (Å²) in [6, 6.07) is 8.27. The van der Waals surface area contributed by atoms with Crippen LogP contribution in [0.4, 0.5) is 10.5 Å². The van der Waals surface area contributed by atoms with Gasteiger partial charge in [0.25, 0.3) is 0 Å². The van der Waals surface area contributed by atoms with E-state index in [9.17, 15) is 4.79 Å². The summed E-state index contributed by atoms with van der Waals surface area (Å²) in [5.74, 6) is 0. The van der Waals surface area contributed by atoms with Gasteiger partial charge < -0.3 is 20.7 Å². The van der Waals surface area contributed by atoms with Gasteiger partial charge in [0.1, 0.15) is 5.60 Å². The summed E-state index contributed by atoms with van der Waals surface area (Å²) in [6.07, 6.45) is 2.82. The minimum atomic E-state index is -0.490. The normalized spacial score (nSPS) is 16.3. The molecule has 5 nitrogen and oxygen atoms in total. The van der Waals surface area contributed by atoms with Gasteiger partial charge in [-0.05, 0) is 51.7 Å². The Balaban J connectivity index is 1.88. The number of nitrogens with one attached hydrogen (secondary N) is 1. The number of alkyl carbamates (subject to hydrolysis) is 1. The molecule has 1 atom stereocenters. The molecule has 0 radical (unpaired) electrons. The molecule has 2 rings (SSSR count). The number of ether oxygens (including phenoxy) is 1. The number of anilines is 1. The van der Waals surface area contributed by atoms with E-state index < -0.39 is 11.7 Å². The first kappa shape index (κ1) is 17.6. The summed E-state index contributed by atoms with van der Waals surface area (Å²) in [5, 5.41) is 2.75. The molecule has 1 aliphatic heterocycles. The van der Waals surface area contributed by atoms with Crippen LogP contribution in [0, 0.1) is 0 Å². The highest BCUT2D eigenvalue weighted by molar-refractivity contribution is 5.67. The maximum Gasteiger partial charge on any atom is 0.407 e. The molecule has 0 bridgehead atoms. The topological polar surface area (TPSA) is 67.6 Å². The third-order valence-corrected chi connectivity index (χ3v) is 3.83. The average molecular weight is 319 g/mol. The zero-order valence-electron chi connectivity index (χ0n) is 14.5. The number of rotatable bonds is 5. The molecule has 1 amide bonds. The quantitative estimate of drug-likeness (QED) is 0.875. The van der Waals surface area contributed by atoms with Gasteiger partial charge in [0, 0.05) is 31.4 Å². The Morgan fingerprint density at radius 3 is 2.61 bits per heavy atom. The van der Waals surface area contributed by atoms with Crippen LogP contribution in [0.25, 0.3) is 0 Å². The first-order chi connectivity index (χ1) is 10.8. The maximum absolute atomic E-state index is 11.7. The molecule has 0 aliphatic carbocycles. The van der Waals surface area contributed by atoms with E-state index in [2.05, 4.69) is 28.4 Å². The Kier molecular flexibility index (Phi) is 5.88. The number of hydrogen-bond acceptors (Lipinski definition) is 4. The predicted molar refractivity (Wildman–Crippen MR) is 93.8 cm³/mol. The van der Waals surface area contributed by atoms with Crippen molar-refractivity contribution in [2.24, 2.45) is 5.73 Å². The van der Waals surface area contributed by atoms with E-state index in [1.165, 1.54) is 24.1 Å². The van der Waals surface area contributed by atoms with Crippen LogP contribution < -0.4 is 16.0 Å². The largest absolute Gasteiger partial charge is 0.444 e. The van der Waals surface area contributed by atoms with Crippen molar-refractivity contribution in [3.63, 3.8) is 0 Å². The van der Waals surface area contributed by atoms with E-state index >= 15 is 0 Å². The Hall–Kier alpha value is -1.75. The minimum absolute atomic E-state index is 0.133. The van der Waals surface area contributed by atoms with Crippen LogP contribution in [0.2, 0.25) is 0 Å². The third-order valence-electron chi connectivity index (χ3n) is 3.83. The van der Waals surface area contributed by atoms with Crippen LogP contribution >= 0.6 is 0 Å². The van der Waals surface area contributed by atoms with Crippen molar-refractivity contribution in [3.05, 3.63) is 29.8 Å². The van der Waals surface area contributed by atoms with Crippen LogP contribution in [0.3, 0.4) is 0 Å². The van der Waals surface area contributed by atoms with Crippen molar-refractivity contribution < 1.29 is 9.53 Å². The molecule has 128 valence electrons. The van der Waals surface area contributed by atoms with E-state index in [-0.39, 0.29) is 6.04 Å². The van der Waals surface area contributed by atoms with Gasteiger partial charge >= 0.3 is 6.09 Å². The lowest BCUT2D eigenvalue weighted by atomic mass is 10.0. The number of nitrogens with zero attached hydrogens (tertiary/aromatic N) is 1. The number of carbonyl (C=O) groups excluding carboxylic acids is 1. The molecule has 1 fully saturated rings. The molecular formula is C18H29N3O2. The van der Waals surface area contributed by atoms with Crippen molar-refractivity contribution in [1.29, 1.82) is 0 Å². The monoisotopic (exact) mass is 319 g/mol. The average Bonchev–Trinajstić information content (AvgIpc) is 2.98. The first-order valence-electron chi connectivity index (χ1n) is 8.40. The molecule has 5 heteroatoms. The molecule has 0 aromatic heterocycles. The van der Waals surface area contributed by atoms with Gasteiger partial charge in [-0.25, -0.2) is 4.79 Å². The summed E-state index contributed by atoms with van der Waals surface area (Å²) < 4.78 is 5.23. The van der Waals surface area contributed by atoms with E-state index in [0.717, 1.165) is 19.5 Å². The van der Waals surface area contributed by atoms with Crippen molar-refractivity contribution in [2.45, 2.75) is 51.7 Å². The highest BCUT2D eigenvalue weighted by Gasteiger charge is 2.18. The minimum Gasteiger partial charge on any atom is -0.444 e. The Bertz CT molecular complexity index is 519. The fourth-order valence-electron chi connectivity index (χ4n) is 2.83. The lowest BCUT2D eigenvalue weighted by molar-refractivity contribution is 0.0524. The van der Waals surface area contributed by atoms with E-state index in [1.54, 1.807) is 0 Å². The van der Waals surface area contributed by atoms with Gasteiger partial charge in [0.15, 0.2) is 0 Å². The van der Waals surface area contributed by atoms with Gasteiger partial charge in [-0.15, -0.1) is 0 Å². The number of nitrogens with two attached hydrogens (primary N) is 1. The first-order valence-corrected chi connectivity index (χ1v) is 8.40. The second kappa shape index (κ2) is 7.68. The van der Waals surface area contributed by atoms with E-state index in [0.29, 0.717) is 6.54 Å². The summed E-state index contributed by atoms with van der Waals surface area (Å²) in [4.78, 5) is 14.1. The number of hydrogen-bond donors (Lipinski definition) is 2. The molecule has 1 aromatic carbocycles. The summed E-state index contributed by atoms with van der Waals surface area (Å²) in [5.41, 5.74) is 8.23. The molecule has 1 heterocycles. The lowest BCUT2D eigenvalue weighted by Crippen LogP contribution is -2.41. The van der Waals surface area contributed by atoms with Crippen LogP contribution in [0.5, 0.6) is 0 Å². The summed E-state index contributed by atoms with van der Waals surface area (Å²) in [7, 11) is 0. The van der Waals surface area contributed by atoms with E-state index in [1.807, 2.05) is 26.8 Å². The highest BCUT2D eigenvalue weighted by atomic mass is 16.6. The van der Waals surface area contributed by atoms with Crippen molar-refractivity contribution >= 4 is 11.8 Å². The number of benzene rings is 1.